The lowest BCUT2D eigenvalue weighted by Crippen LogP contribution is -2.04. The summed E-state index contributed by atoms with van der Waals surface area (Å²) in [4.78, 5) is 16.3. The Balaban J connectivity index is 1.41. The minimum atomic E-state index is -0.950. The highest BCUT2D eigenvalue weighted by Crippen LogP contribution is 2.33. The van der Waals surface area contributed by atoms with E-state index < -0.39 is 5.97 Å². The summed E-state index contributed by atoms with van der Waals surface area (Å²) >= 11 is 0. The number of para-hydroxylation sites is 1. The highest BCUT2D eigenvalue weighted by molar-refractivity contribution is 5.94. The van der Waals surface area contributed by atoms with Gasteiger partial charge in [0.2, 0.25) is 0 Å². The van der Waals surface area contributed by atoms with E-state index in [1.54, 1.807) is 19.2 Å². The summed E-state index contributed by atoms with van der Waals surface area (Å²) in [6.45, 7) is 0.545. The van der Waals surface area contributed by atoms with Gasteiger partial charge in [0.15, 0.2) is 0 Å². The third-order valence-electron chi connectivity index (χ3n) is 6.40. The normalized spacial score (nSPS) is 13.5. The molecule has 1 heterocycles. The topological polar surface area (TPSA) is 73.6 Å². The van der Waals surface area contributed by atoms with E-state index in [1.165, 1.54) is 12.1 Å². The fraction of sp³-hybridized carbons (Fsp3) is 0.241. The quantitative estimate of drug-likeness (QED) is 0.322. The number of rotatable bonds is 8. The molecule has 1 N–H and O–H groups in total. The number of allylic oxidation sites excluding steroid dienone is 2. The molecule has 5 rings (SSSR count). The van der Waals surface area contributed by atoms with Crippen molar-refractivity contribution in [3.63, 3.8) is 0 Å². The number of aromatic carboxylic acids is 1. The molecule has 35 heavy (non-hydrogen) atoms. The fourth-order valence-electron chi connectivity index (χ4n) is 4.61. The van der Waals surface area contributed by atoms with Gasteiger partial charge in [-0.15, -0.1) is 0 Å². The van der Waals surface area contributed by atoms with Crippen LogP contribution in [0.3, 0.4) is 0 Å². The maximum atomic E-state index is 11.5. The molecule has 0 bridgehead atoms. The van der Waals surface area contributed by atoms with E-state index in [0.29, 0.717) is 12.1 Å². The van der Waals surface area contributed by atoms with Gasteiger partial charge >= 0.3 is 5.97 Å². The van der Waals surface area contributed by atoms with Gasteiger partial charge in [0.1, 0.15) is 17.3 Å². The Morgan fingerprint density at radius 1 is 1.06 bits per heavy atom. The van der Waals surface area contributed by atoms with Crippen molar-refractivity contribution in [2.75, 3.05) is 13.7 Å². The number of ether oxygens (including phenoxy) is 2. The second kappa shape index (κ2) is 10.1. The number of carbonyl (C=O) groups is 1. The molecule has 178 valence electrons. The van der Waals surface area contributed by atoms with E-state index >= 15 is 0 Å². The van der Waals surface area contributed by atoms with Gasteiger partial charge in [-0.2, -0.15) is 0 Å². The zero-order valence-electron chi connectivity index (χ0n) is 19.7. The number of hydrogen-bond acceptors (Lipinski definition) is 4. The zero-order valence-corrected chi connectivity index (χ0v) is 19.7. The Bertz CT molecular complexity index is 1390. The third-order valence-corrected chi connectivity index (χ3v) is 6.40. The lowest BCUT2D eigenvalue weighted by Gasteiger charge is -2.17. The predicted octanol–water partition coefficient (Wildman–Crippen LogP) is 6.45. The van der Waals surface area contributed by atoms with E-state index in [4.69, 9.17) is 14.5 Å². The predicted molar refractivity (Wildman–Crippen MR) is 137 cm³/mol. The van der Waals surface area contributed by atoms with Crippen molar-refractivity contribution in [3.05, 3.63) is 83.9 Å². The number of nitrogens with zero attached hydrogens (tertiary/aromatic N) is 2. The molecule has 6 nitrogen and oxygen atoms in total. The molecular weight excluding hydrogens is 440 g/mol. The van der Waals surface area contributed by atoms with Crippen LogP contribution in [0.5, 0.6) is 11.5 Å². The van der Waals surface area contributed by atoms with Crippen LogP contribution in [0.2, 0.25) is 0 Å². The van der Waals surface area contributed by atoms with Gasteiger partial charge < -0.3 is 14.6 Å². The SMILES string of the molecule is COc1ccccc1CCOc1ccc(-c2nc3cc(C(=O)O)ccc3n2C2=CCCCC2)cc1. The highest BCUT2D eigenvalue weighted by atomic mass is 16.5. The average Bonchev–Trinajstić information content (AvgIpc) is 3.28. The Morgan fingerprint density at radius 2 is 1.89 bits per heavy atom. The molecular formula is C29H28N2O4. The highest BCUT2D eigenvalue weighted by Gasteiger charge is 2.18. The van der Waals surface area contributed by atoms with Crippen LogP contribution in [-0.4, -0.2) is 34.3 Å². The van der Waals surface area contributed by atoms with E-state index in [-0.39, 0.29) is 5.56 Å². The number of aromatic nitrogens is 2. The Labute approximate surface area is 204 Å². The third kappa shape index (κ3) is 4.78. The summed E-state index contributed by atoms with van der Waals surface area (Å²) in [5.74, 6) is 1.52. The van der Waals surface area contributed by atoms with Gasteiger partial charge in [-0.3, -0.25) is 4.57 Å². The first kappa shape index (κ1) is 22.7. The van der Waals surface area contributed by atoms with Gasteiger partial charge in [-0.25, -0.2) is 9.78 Å². The lowest BCUT2D eigenvalue weighted by molar-refractivity contribution is 0.0697. The standard InChI is InChI=1S/C29H28N2O4/c1-34-27-10-6-5-7-20(27)17-18-35-24-14-11-21(12-15-24)28-30-25-19-22(29(32)33)13-16-26(25)31(28)23-8-3-2-4-9-23/h5-8,10-16,19H,2-4,9,17-18H2,1H3,(H,32,33). The molecule has 0 atom stereocenters. The molecule has 3 aromatic carbocycles. The summed E-state index contributed by atoms with van der Waals surface area (Å²) in [6, 6.07) is 21.1. The number of fused-ring (bicyclic) bond motifs is 1. The van der Waals surface area contributed by atoms with Crippen molar-refractivity contribution in [3.8, 4) is 22.9 Å². The van der Waals surface area contributed by atoms with E-state index in [2.05, 4.69) is 10.6 Å². The number of methoxy groups -OCH3 is 1. The van der Waals surface area contributed by atoms with Gasteiger partial charge in [0, 0.05) is 17.7 Å². The minimum Gasteiger partial charge on any atom is -0.496 e. The molecule has 0 saturated carbocycles. The van der Waals surface area contributed by atoms with Gasteiger partial charge in [-0.05, 0) is 79.8 Å². The van der Waals surface area contributed by atoms with Crippen LogP contribution >= 0.6 is 0 Å². The molecule has 0 unspecified atom stereocenters. The fourth-order valence-corrected chi connectivity index (χ4v) is 4.61. The molecule has 1 aliphatic carbocycles. The summed E-state index contributed by atoms with van der Waals surface area (Å²) in [7, 11) is 1.68. The van der Waals surface area contributed by atoms with Crippen LogP contribution in [0.1, 0.15) is 41.6 Å². The van der Waals surface area contributed by atoms with Crippen molar-refractivity contribution in [1.82, 2.24) is 9.55 Å². The van der Waals surface area contributed by atoms with E-state index in [0.717, 1.165) is 59.7 Å². The largest absolute Gasteiger partial charge is 0.496 e. The van der Waals surface area contributed by atoms with Crippen molar-refractivity contribution in [2.45, 2.75) is 32.1 Å². The molecule has 0 radical (unpaired) electrons. The monoisotopic (exact) mass is 468 g/mol. The Kier molecular flexibility index (Phi) is 6.53. The first-order valence-electron chi connectivity index (χ1n) is 11.9. The zero-order chi connectivity index (χ0) is 24.2. The van der Waals surface area contributed by atoms with Crippen molar-refractivity contribution < 1.29 is 19.4 Å². The molecule has 0 amide bonds. The first-order chi connectivity index (χ1) is 17.1. The number of benzene rings is 3. The van der Waals surface area contributed by atoms with Gasteiger partial charge in [0.25, 0.3) is 0 Å². The maximum Gasteiger partial charge on any atom is 0.335 e. The summed E-state index contributed by atoms with van der Waals surface area (Å²) < 4.78 is 13.6. The first-order valence-corrected chi connectivity index (χ1v) is 11.9. The van der Waals surface area contributed by atoms with Crippen LogP contribution in [0.25, 0.3) is 28.1 Å². The van der Waals surface area contributed by atoms with Crippen molar-refractivity contribution >= 4 is 22.7 Å². The Morgan fingerprint density at radius 3 is 2.63 bits per heavy atom. The lowest BCUT2D eigenvalue weighted by atomic mass is 10.0. The number of imidazole rings is 1. The number of carboxylic acid groups (broad SMARTS) is 1. The van der Waals surface area contributed by atoms with Crippen LogP contribution in [-0.2, 0) is 6.42 Å². The van der Waals surface area contributed by atoms with Gasteiger partial charge in [-0.1, -0.05) is 24.3 Å². The maximum absolute atomic E-state index is 11.5. The van der Waals surface area contributed by atoms with Crippen LogP contribution in [0.15, 0.2) is 72.8 Å². The second-order valence-corrected chi connectivity index (χ2v) is 8.66. The van der Waals surface area contributed by atoms with Gasteiger partial charge in [0.05, 0.1) is 30.3 Å². The molecule has 0 spiro atoms. The van der Waals surface area contributed by atoms with Crippen LogP contribution in [0, 0.1) is 0 Å². The summed E-state index contributed by atoms with van der Waals surface area (Å²) in [5, 5.41) is 9.42. The van der Waals surface area contributed by atoms with E-state index in [9.17, 15) is 9.90 Å². The van der Waals surface area contributed by atoms with Crippen LogP contribution in [0.4, 0.5) is 0 Å². The van der Waals surface area contributed by atoms with E-state index in [1.807, 2.05) is 54.6 Å². The summed E-state index contributed by atoms with van der Waals surface area (Å²) in [5.41, 5.74) is 5.14. The minimum absolute atomic E-state index is 0.241. The summed E-state index contributed by atoms with van der Waals surface area (Å²) in [6.07, 6.45) is 7.37. The molecule has 1 aromatic heterocycles. The molecule has 4 aromatic rings. The smallest absolute Gasteiger partial charge is 0.335 e. The Hall–Kier alpha value is -4.06. The number of carboxylic acids is 1. The molecule has 6 heteroatoms. The average molecular weight is 469 g/mol. The van der Waals surface area contributed by atoms with Crippen LogP contribution < -0.4 is 9.47 Å². The number of hydrogen-bond donors (Lipinski definition) is 1. The van der Waals surface area contributed by atoms with Crippen molar-refractivity contribution in [1.29, 1.82) is 0 Å². The molecule has 0 saturated heterocycles. The second-order valence-electron chi connectivity index (χ2n) is 8.66. The van der Waals surface area contributed by atoms with Crippen molar-refractivity contribution in [2.24, 2.45) is 0 Å². The molecule has 0 fully saturated rings. The molecule has 0 aliphatic heterocycles. The molecule has 1 aliphatic rings.